The van der Waals surface area contributed by atoms with E-state index in [9.17, 15) is 14.0 Å². The van der Waals surface area contributed by atoms with E-state index in [0.717, 1.165) is 0 Å². The molecule has 0 radical (unpaired) electrons. The largest absolute Gasteiger partial charge is 0.318 e. The number of para-hydroxylation sites is 1. The Morgan fingerprint density at radius 1 is 1.05 bits per heavy atom. The second kappa shape index (κ2) is 6.65. The number of rotatable bonds is 3. The minimum Gasteiger partial charge on any atom is -0.318 e. The average Bonchev–Trinajstić information content (AvgIpc) is 2.51. The molecule has 2 aromatic rings. The van der Waals surface area contributed by atoms with Crippen LogP contribution >= 0.6 is 0 Å². The maximum atomic E-state index is 12.8. The smallest absolute Gasteiger partial charge is 0.316 e. The monoisotopic (exact) mass is 286 g/mol. The summed E-state index contributed by atoms with van der Waals surface area (Å²) in [4.78, 5) is 25.5. The van der Waals surface area contributed by atoms with Crippen molar-refractivity contribution in [1.82, 2.24) is 0 Å². The number of hydrogen-bond donors (Lipinski definition) is 1. The van der Waals surface area contributed by atoms with E-state index in [1.54, 1.807) is 31.2 Å². The SMILES string of the molecule is CCN(C(=O)C(=O)Nc1ccc(F)cc1)c1ccccc1. The van der Waals surface area contributed by atoms with Crippen LogP contribution in [0.2, 0.25) is 0 Å². The molecule has 0 unspecified atom stereocenters. The van der Waals surface area contributed by atoms with Gasteiger partial charge in [0.2, 0.25) is 0 Å². The Morgan fingerprint density at radius 3 is 2.24 bits per heavy atom. The summed E-state index contributed by atoms with van der Waals surface area (Å²) in [6, 6.07) is 14.2. The second-order valence-electron chi connectivity index (χ2n) is 4.35. The Balaban J connectivity index is 2.10. The molecule has 0 aliphatic carbocycles. The molecule has 1 N–H and O–H groups in total. The normalized spacial score (nSPS) is 10.0. The zero-order valence-electron chi connectivity index (χ0n) is 11.5. The van der Waals surface area contributed by atoms with Crippen LogP contribution in [0.15, 0.2) is 54.6 Å². The van der Waals surface area contributed by atoms with Crippen LogP contribution in [0.5, 0.6) is 0 Å². The molecule has 0 saturated carbocycles. The molecule has 5 heteroatoms. The molecular weight excluding hydrogens is 271 g/mol. The quantitative estimate of drug-likeness (QED) is 0.882. The van der Waals surface area contributed by atoms with Crippen LogP contribution in [0.4, 0.5) is 15.8 Å². The molecule has 0 spiro atoms. The molecule has 0 atom stereocenters. The van der Waals surface area contributed by atoms with Crippen LogP contribution in [0.3, 0.4) is 0 Å². The van der Waals surface area contributed by atoms with E-state index in [-0.39, 0.29) is 0 Å². The van der Waals surface area contributed by atoms with E-state index in [4.69, 9.17) is 0 Å². The van der Waals surface area contributed by atoms with Crippen molar-refractivity contribution in [3.05, 3.63) is 60.4 Å². The highest BCUT2D eigenvalue weighted by Gasteiger charge is 2.21. The van der Waals surface area contributed by atoms with E-state index in [1.807, 2.05) is 6.07 Å². The Bertz CT molecular complexity index is 626. The highest BCUT2D eigenvalue weighted by molar-refractivity contribution is 6.44. The lowest BCUT2D eigenvalue weighted by Crippen LogP contribution is -2.39. The molecule has 0 aliphatic heterocycles. The first-order chi connectivity index (χ1) is 10.1. The second-order valence-corrected chi connectivity index (χ2v) is 4.35. The predicted molar refractivity (Wildman–Crippen MR) is 79.5 cm³/mol. The van der Waals surface area contributed by atoms with Gasteiger partial charge in [-0.3, -0.25) is 9.59 Å². The number of amides is 2. The molecular formula is C16H15FN2O2. The number of halogens is 1. The van der Waals surface area contributed by atoms with Crippen LogP contribution in [-0.2, 0) is 9.59 Å². The van der Waals surface area contributed by atoms with Crippen molar-refractivity contribution in [2.45, 2.75) is 6.92 Å². The van der Waals surface area contributed by atoms with Gasteiger partial charge in [-0.1, -0.05) is 18.2 Å². The molecule has 2 rings (SSSR count). The van der Waals surface area contributed by atoms with Crippen molar-refractivity contribution >= 4 is 23.2 Å². The highest BCUT2D eigenvalue weighted by Crippen LogP contribution is 2.14. The number of nitrogens with one attached hydrogen (secondary N) is 1. The molecule has 2 aromatic carbocycles. The molecule has 21 heavy (non-hydrogen) atoms. The summed E-state index contributed by atoms with van der Waals surface area (Å²) < 4.78 is 12.8. The van der Waals surface area contributed by atoms with Gasteiger partial charge in [0.1, 0.15) is 5.82 Å². The lowest BCUT2D eigenvalue weighted by molar-refractivity contribution is -0.134. The van der Waals surface area contributed by atoms with Crippen LogP contribution in [0.1, 0.15) is 6.92 Å². The predicted octanol–water partition coefficient (Wildman–Crippen LogP) is 2.82. The number of likely N-dealkylation sites (N-methyl/N-ethyl adjacent to an activating group) is 1. The van der Waals surface area contributed by atoms with Crippen molar-refractivity contribution in [3.63, 3.8) is 0 Å². The van der Waals surface area contributed by atoms with Gasteiger partial charge < -0.3 is 10.2 Å². The van der Waals surface area contributed by atoms with Gasteiger partial charge in [0, 0.05) is 17.9 Å². The summed E-state index contributed by atoms with van der Waals surface area (Å²) in [5, 5.41) is 2.46. The zero-order valence-corrected chi connectivity index (χ0v) is 11.5. The van der Waals surface area contributed by atoms with E-state index in [1.165, 1.54) is 29.2 Å². The van der Waals surface area contributed by atoms with Gasteiger partial charge in [-0.25, -0.2) is 4.39 Å². The summed E-state index contributed by atoms with van der Waals surface area (Å²) >= 11 is 0. The Kier molecular flexibility index (Phi) is 4.66. The summed E-state index contributed by atoms with van der Waals surface area (Å²) in [5.41, 5.74) is 1.03. The van der Waals surface area contributed by atoms with Gasteiger partial charge in [0.15, 0.2) is 0 Å². The fraction of sp³-hybridized carbons (Fsp3) is 0.125. The van der Waals surface area contributed by atoms with Gasteiger partial charge >= 0.3 is 11.8 Å². The van der Waals surface area contributed by atoms with E-state index < -0.39 is 17.6 Å². The van der Waals surface area contributed by atoms with Crippen LogP contribution < -0.4 is 10.2 Å². The molecule has 0 heterocycles. The van der Waals surface area contributed by atoms with Gasteiger partial charge in [-0.15, -0.1) is 0 Å². The third-order valence-electron chi connectivity index (χ3n) is 2.93. The number of carbonyl (C=O) groups excluding carboxylic acids is 2. The van der Waals surface area contributed by atoms with Gasteiger partial charge in [-0.2, -0.15) is 0 Å². The first-order valence-electron chi connectivity index (χ1n) is 6.55. The molecule has 0 bridgehead atoms. The topological polar surface area (TPSA) is 49.4 Å². The van der Waals surface area contributed by atoms with Crippen LogP contribution in [0.25, 0.3) is 0 Å². The lowest BCUT2D eigenvalue weighted by Gasteiger charge is -2.20. The maximum Gasteiger partial charge on any atom is 0.316 e. The van der Waals surface area contributed by atoms with Gasteiger partial charge in [-0.05, 0) is 43.3 Å². The van der Waals surface area contributed by atoms with Crippen molar-refractivity contribution < 1.29 is 14.0 Å². The average molecular weight is 286 g/mol. The van der Waals surface area contributed by atoms with Crippen LogP contribution in [0, 0.1) is 5.82 Å². The Labute approximate surface area is 122 Å². The molecule has 0 aliphatic rings. The van der Waals surface area contributed by atoms with Crippen LogP contribution in [-0.4, -0.2) is 18.4 Å². The number of anilines is 2. The highest BCUT2D eigenvalue weighted by atomic mass is 19.1. The minimum absolute atomic E-state index is 0.374. The molecule has 2 amide bonds. The third-order valence-corrected chi connectivity index (χ3v) is 2.93. The summed E-state index contributed by atoms with van der Waals surface area (Å²) in [6.45, 7) is 2.16. The first-order valence-corrected chi connectivity index (χ1v) is 6.55. The van der Waals surface area contributed by atoms with Crippen molar-refractivity contribution in [3.8, 4) is 0 Å². The van der Waals surface area contributed by atoms with Crippen molar-refractivity contribution in [1.29, 1.82) is 0 Å². The maximum absolute atomic E-state index is 12.8. The number of nitrogens with zero attached hydrogens (tertiary/aromatic N) is 1. The fourth-order valence-electron chi connectivity index (χ4n) is 1.89. The van der Waals surface area contributed by atoms with Gasteiger partial charge in [0.25, 0.3) is 0 Å². The summed E-state index contributed by atoms with van der Waals surface area (Å²) in [6.07, 6.45) is 0. The Hall–Kier alpha value is -2.69. The zero-order chi connectivity index (χ0) is 15.2. The third kappa shape index (κ3) is 3.66. The van der Waals surface area contributed by atoms with Gasteiger partial charge in [0.05, 0.1) is 0 Å². The van der Waals surface area contributed by atoms with E-state index in [2.05, 4.69) is 5.32 Å². The summed E-state index contributed by atoms with van der Waals surface area (Å²) in [5.74, 6) is -1.82. The molecule has 0 saturated heterocycles. The lowest BCUT2D eigenvalue weighted by atomic mass is 10.2. The molecule has 0 fully saturated rings. The number of hydrogen-bond acceptors (Lipinski definition) is 2. The number of carbonyl (C=O) groups is 2. The first kappa shape index (κ1) is 14.7. The molecule has 4 nitrogen and oxygen atoms in total. The number of benzene rings is 2. The fourth-order valence-corrected chi connectivity index (χ4v) is 1.89. The molecule has 108 valence electrons. The standard InChI is InChI=1S/C16H15FN2O2/c1-2-19(14-6-4-3-5-7-14)16(21)15(20)18-13-10-8-12(17)9-11-13/h3-11H,2H2,1H3,(H,18,20). The molecule has 0 aromatic heterocycles. The van der Waals surface area contributed by atoms with Crippen molar-refractivity contribution in [2.75, 3.05) is 16.8 Å². The van der Waals surface area contributed by atoms with E-state index >= 15 is 0 Å². The van der Waals surface area contributed by atoms with Crippen molar-refractivity contribution in [2.24, 2.45) is 0 Å². The minimum atomic E-state index is -0.757. The Morgan fingerprint density at radius 2 is 1.67 bits per heavy atom. The van der Waals surface area contributed by atoms with E-state index in [0.29, 0.717) is 17.9 Å². The summed E-state index contributed by atoms with van der Waals surface area (Å²) in [7, 11) is 0.